The molecule has 0 fully saturated rings. The second-order valence-electron chi connectivity index (χ2n) is 18.0. The topological polar surface area (TPSA) is 38.5 Å². The van der Waals surface area contributed by atoms with Crippen molar-refractivity contribution in [1.82, 2.24) is 14.1 Å². The van der Waals surface area contributed by atoms with Crippen LogP contribution in [0.15, 0.2) is 249 Å². The Morgan fingerprint density at radius 2 is 0.929 bits per heavy atom. The van der Waals surface area contributed by atoms with Gasteiger partial charge in [0.2, 0.25) is 0 Å². The minimum atomic E-state index is 0.555. The van der Waals surface area contributed by atoms with Crippen molar-refractivity contribution in [2.24, 2.45) is 0 Å². The molecule has 13 aromatic rings. The summed E-state index contributed by atoms with van der Waals surface area (Å²) in [5.41, 5.74) is 14.5. The highest BCUT2D eigenvalue weighted by molar-refractivity contribution is 6.12. The van der Waals surface area contributed by atoms with Crippen LogP contribution in [0.2, 0.25) is 0 Å². The number of nitrogens with zero attached hydrogens (tertiary/aromatic N) is 5. The molecule has 0 saturated carbocycles. The Morgan fingerprint density at radius 3 is 1.59 bits per heavy atom. The lowest BCUT2D eigenvalue weighted by Crippen LogP contribution is -2.25. The molecule has 10 aromatic carbocycles. The number of fused-ring (bicyclic) bond motifs is 9. The zero-order valence-electron chi connectivity index (χ0n) is 38.0. The fourth-order valence-corrected chi connectivity index (χ4v) is 11.0. The van der Waals surface area contributed by atoms with Crippen LogP contribution in [0.5, 0.6) is 11.5 Å². The predicted molar refractivity (Wildman–Crippen MR) is 290 cm³/mol. The van der Waals surface area contributed by atoms with Gasteiger partial charge < -0.3 is 19.1 Å². The van der Waals surface area contributed by atoms with Gasteiger partial charge in [-0.1, -0.05) is 170 Å². The second-order valence-corrected chi connectivity index (χ2v) is 18.0. The zero-order chi connectivity index (χ0) is 46.1. The smallest absolute Gasteiger partial charge is 0.137 e. The number of benzene rings is 10. The average Bonchev–Trinajstić information content (AvgIpc) is 4.10. The van der Waals surface area contributed by atoms with Crippen molar-refractivity contribution < 1.29 is 4.74 Å². The van der Waals surface area contributed by atoms with Crippen LogP contribution >= 0.6 is 0 Å². The van der Waals surface area contributed by atoms with Crippen LogP contribution in [0.4, 0.5) is 22.7 Å². The molecule has 0 atom stereocenters. The summed E-state index contributed by atoms with van der Waals surface area (Å²) >= 11 is 0. The number of pyridine rings is 1. The fourth-order valence-electron chi connectivity index (χ4n) is 11.0. The second kappa shape index (κ2) is 16.1. The van der Waals surface area contributed by atoms with Gasteiger partial charge >= 0.3 is 0 Å². The lowest BCUT2D eigenvalue weighted by atomic mass is 9.94. The van der Waals surface area contributed by atoms with E-state index in [0.29, 0.717) is 6.67 Å². The molecule has 0 bridgehead atoms. The van der Waals surface area contributed by atoms with E-state index in [1.165, 1.54) is 49.2 Å². The molecule has 0 N–H and O–H groups in total. The lowest BCUT2D eigenvalue weighted by Gasteiger charge is -2.28. The maximum absolute atomic E-state index is 7.17. The van der Waals surface area contributed by atoms with Gasteiger partial charge in [0.15, 0.2) is 0 Å². The molecule has 0 saturated heterocycles. The summed E-state index contributed by atoms with van der Waals surface area (Å²) in [7, 11) is 0. The van der Waals surface area contributed by atoms with E-state index >= 15 is 0 Å². The summed E-state index contributed by atoms with van der Waals surface area (Å²) in [6.45, 7) is 0.555. The van der Waals surface area contributed by atoms with Gasteiger partial charge in [-0.15, -0.1) is 0 Å². The molecule has 0 aliphatic carbocycles. The van der Waals surface area contributed by atoms with E-state index in [-0.39, 0.29) is 0 Å². The van der Waals surface area contributed by atoms with Crippen LogP contribution in [0.25, 0.3) is 88.1 Å². The van der Waals surface area contributed by atoms with E-state index in [2.05, 4.69) is 249 Å². The molecule has 6 nitrogen and oxygen atoms in total. The maximum atomic E-state index is 7.17. The van der Waals surface area contributed by atoms with Gasteiger partial charge in [-0.25, -0.2) is 4.98 Å². The first-order chi connectivity index (χ1) is 34.7. The van der Waals surface area contributed by atoms with Gasteiger partial charge in [-0.05, 0) is 71.1 Å². The molecule has 1 aliphatic rings. The van der Waals surface area contributed by atoms with Crippen molar-refractivity contribution in [1.29, 1.82) is 0 Å². The molecule has 0 unspecified atom stereocenters. The Hall–Kier alpha value is -9.39. The molecule has 0 amide bonds. The molecule has 6 heteroatoms. The standard InChI is InChI=1S/C64H43N5O/c1-3-18-43(19-4-1)50-27-17-28-51(44-20-5-2-6-21-44)63(50)67-42-66(60-36-33-45-22-7-8-23-52(45)64(60)67)46-38-47(68-57-29-12-9-24-53(57)54-25-10-13-30-58(54)68)40-49(39-46)70-48-34-35-56-55-26-11-14-31-59(55)69(61(56)41-48)62-32-15-16-37-65-62/h1-41H,42H2. The summed E-state index contributed by atoms with van der Waals surface area (Å²) in [4.78, 5) is 9.81. The van der Waals surface area contributed by atoms with Gasteiger partial charge in [-0.3, -0.25) is 4.57 Å². The average molecular weight is 898 g/mol. The third kappa shape index (κ3) is 6.38. The SMILES string of the molecule is c1ccc(-c2cccc(-c3ccccc3)c2N2CN(c3cc(Oc4ccc5c6ccccc6n(-c6ccccn6)c5c4)cc(-n4c5ccccc5c5ccccc54)c3)c3ccc4ccccc4c32)cc1. The van der Waals surface area contributed by atoms with Crippen LogP contribution in [0, 0.1) is 0 Å². The van der Waals surface area contributed by atoms with Gasteiger partial charge in [0.05, 0.1) is 44.8 Å². The molecule has 4 heterocycles. The van der Waals surface area contributed by atoms with E-state index in [1.54, 1.807) is 0 Å². The van der Waals surface area contributed by atoms with Gasteiger partial charge in [-0.2, -0.15) is 0 Å². The third-order valence-corrected chi connectivity index (χ3v) is 14.0. The molecule has 1 aliphatic heterocycles. The first-order valence-corrected chi connectivity index (χ1v) is 23.8. The summed E-state index contributed by atoms with van der Waals surface area (Å²) in [5.74, 6) is 2.32. The number of anilines is 4. The summed E-state index contributed by atoms with van der Waals surface area (Å²) in [6.07, 6.45) is 1.85. The molecule has 3 aromatic heterocycles. The summed E-state index contributed by atoms with van der Waals surface area (Å²) < 4.78 is 11.8. The Morgan fingerprint density at radius 1 is 0.357 bits per heavy atom. The maximum Gasteiger partial charge on any atom is 0.137 e. The van der Waals surface area contributed by atoms with Crippen molar-refractivity contribution in [2.45, 2.75) is 0 Å². The molecular formula is C64H43N5O. The summed E-state index contributed by atoms with van der Waals surface area (Å²) in [6, 6.07) is 86.8. The first-order valence-electron chi connectivity index (χ1n) is 23.8. The minimum absolute atomic E-state index is 0.555. The van der Waals surface area contributed by atoms with Crippen molar-refractivity contribution in [3.63, 3.8) is 0 Å². The van der Waals surface area contributed by atoms with Crippen LogP contribution in [0.1, 0.15) is 0 Å². The van der Waals surface area contributed by atoms with E-state index in [9.17, 15) is 0 Å². The molecule has 14 rings (SSSR count). The monoisotopic (exact) mass is 897 g/mol. The highest BCUT2D eigenvalue weighted by Gasteiger charge is 2.34. The number of para-hydroxylation sites is 4. The van der Waals surface area contributed by atoms with E-state index in [4.69, 9.17) is 9.72 Å². The number of aromatic nitrogens is 3. The Bertz CT molecular complexity index is 4030. The first kappa shape index (κ1) is 39.7. The van der Waals surface area contributed by atoms with Gasteiger partial charge in [0, 0.05) is 68.1 Å². The van der Waals surface area contributed by atoms with Crippen molar-refractivity contribution in [3.8, 4) is 45.3 Å². The van der Waals surface area contributed by atoms with Crippen molar-refractivity contribution in [3.05, 3.63) is 249 Å². The molecular weight excluding hydrogens is 855 g/mol. The Kier molecular flexibility index (Phi) is 9.17. The van der Waals surface area contributed by atoms with Gasteiger partial charge in [0.1, 0.15) is 24.0 Å². The van der Waals surface area contributed by atoms with Crippen LogP contribution in [-0.2, 0) is 0 Å². The minimum Gasteiger partial charge on any atom is -0.457 e. The van der Waals surface area contributed by atoms with E-state index in [1.807, 2.05) is 18.3 Å². The third-order valence-electron chi connectivity index (χ3n) is 14.0. The van der Waals surface area contributed by atoms with Gasteiger partial charge in [0.25, 0.3) is 0 Å². The normalized spacial score (nSPS) is 12.5. The molecule has 330 valence electrons. The summed E-state index contributed by atoms with van der Waals surface area (Å²) in [5, 5.41) is 7.09. The molecule has 0 radical (unpaired) electrons. The molecule has 0 spiro atoms. The molecule has 70 heavy (non-hydrogen) atoms. The predicted octanol–water partition coefficient (Wildman–Crippen LogP) is 16.8. The highest BCUT2D eigenvalue weighted by atomic mass is 16.5. The Labute approximate surface area is 404 Å². The Balaban J connectivity index is 0.995. The van der Waals surface area contributed by atoms with E-state index < -0.39 is 0 Å². The largest absolute Gasteiger partial charge is 0.457 e. The van der Waals surface area contributed by atoms with E-state index in [0.717, 1.165) is 73.2 Å². The van der Waals surface area contributed by atoms with Crippen molar-refractivity contribution >= 4 is 77.1 Å². The number of rotatable bonds is 8. The van der Waals surface area contributed by atoms with Crippen molar-refractivity contribution in [2.75, 3.05) is 16.5 Å². The zero-order valence-corrected chi connectivity index (χ0v) is 38.0. The van der Waals surface area contributed by atoms with Crippen LogP contribution < -0.4 is 14.5 Å². The lowest BCUT2D eigenvalue weighted by molar-refractivity contribution is 0.483. The fraction of sp³-hybridized carbons (Fsp3) is 0.0156. The number of hydrogen-bond donors (Lipinski definition) is 0. The highest BCUT2D eigenvalue weighted by Crippen LogP contribution is 2.53. The number of ether oxygens (including phenoxy) is 1. The number of hydrogen-bond acceptors (Lipinski definition) is 4. The quantitative estimate of drug-likeness (QED) is 0.152. The van der Waals surface area contributed by atoms with Crippen LogP contribution in [-0.4, -0.2) is 20.8 Å². The van der Waals surface area contributed by atoms with Crippen LogP contribution in [0.3, 0.4) is 0 Å².